The van der Waals surface area contributed by atoms with E-state index in [1.807, 2.05) is 12.2 Å². The molecule has 2 atom stereocenters. The lowest BCUT2D eigenvalue weighted by Gasteiger charge is -1.99. The zero-order chi connectivity index (χ0) is 8.69. The summed E-state index contributed by atoms with van der Waals surface area (Å²) in [5, 5.41) is 17.7. The highest BCUT2D eigenvalue weighted by molar-refractivity contribution is 4.83. The van der Waals surface area contributed by atoms with Crippen molar-refractivity contribution < 1.29 is 10.2 Å². The van der Waals surface area contributed by atoms with Crippen molar-refractivity contribution in [3.63, 3.8) is 0 Å². The standard InChI is InChI=1S/C9H18O2/c1-8(10)6-4-3-5-7-9(2)11/h3-4,8-11H,5-7H2,1-2H3. The van der Waals surface area contributed by atoms with Crippen molar-refractivity contribution in [1.29, 1.82) is 0 Å². The number of aliphatic hydroxyl groups is 2. The smallest absolute Gasteiger partial charge is 0.0546 e. The molecule has 11 heavy (non-hydrogen) atoms. The van der Waals surface area contributed by atoms with Crippen LogP contribution in [0.3, 0.4) is 0 Å². The van der Waals surface area contributed by atoms with Crippen LogP contribution in [0.25, 0.3) is 0 Å². The molecule has 0 bridgehead atoms. The Bertz CT molecular complexity index is 106. The van der Waals surface area contributed by atoms with Gasteiger partial charge < -0.3 is 10.2 Å². The third kappa shape index (κ3) is 9.66. The Hall–Kier alpha value is -0.340. The first-order valence-electron chi connectivity index (χ1n) is 4.14. The van der Waals surface area contributed by atoms with Crippen LogP contribution in [-0.2, 0) is 0 Å². The summed E-state index contributed by atoms with van der Waals surface area (Å²) in [6.07, 6.45) is 5.89. The van der Waals surface area contributed by atoms with Crippen LogP contribution in [-0.4, -0.2) is 22.4 Å². The molecule has 0 radical (unpaired) electrons. The Kier molecular flexibility index (Phi) is 6.18. The highest BCUT2D eigenvalue weighted by atomic mass is 16.3. The van der Waals surface area contributed by atoms with Crippen molar-refractivity contribution in [2.45, 2.75) is 45.3 Å². The third-order valence-corrected chi connectivity index (χ3v) is 1.39. The number of allylic oxidation sites excluding steroid dienone is 1. The molecule has 0 amide bonds. The lowest BCUT2D eigenvalue weighted by atomic mass is 10.2. The molecule has 0 aliphatic carbocycles. The van der Waals surface area contributed by atoms with E-state index in [9.17, 15) is 0 Å². The Morgan fingerprint density at radius 3 is 2.18 bits per heavy atom. The number of aliphatic hydroxyl groups excluding tert-OH is 2. The first kappa shape index (κ1) is 10.7. The fourth-order valence-corrected chi connectivity index (χ4v) is 0.748. The lowest BCUT2D eigenvalue weighted by molar-refractivity contribution is 0.185. The molecule has 2 nitrogen and oxygen atoms in total. The molecule has 0 aliphatic heterocycles. The van der Waals surface area contributed by atoms with Crippen molar-refractivity contribution >= 4 is 0 Å². The van der Waals surface area contributed by atoms with Gasteiger partial charge in [0, 0.05) is 0 Å². The first-order valence-corrected chi connectivity index (χ1v) is 4.14. The molecule has 0 saturated carbocycles. The average molecular weight is 158 g/mol. The highest BCUT2D eigenvalue weighted by Gasteiger charge is 1.92. The zero-order valence-electron chi connectivity index (χ0n) is 7.33. The Morgan fingerprint density at radius 2 is 1.73 bits per heavy atom. The van der Waals surface area contributed by atoms with Crippen LogP contribution in [0.15, 0.2) is 12.2 Å². The number of rotatable bonds is 5. The van der Waals surface area contributed by atoms with E-state index in [-0.39, 0.29) is 12.2 Å². The van der Waals surface area contributed by atoms with Crippen molar-refractivity contribution in [1.82, 2.24) is 0 Å². The van der Waals surface area contributed by atoms with Gasteiger partial charge in [-0.05, 0) is 33.1 Å². The summed E-state index contributed by atoms with van der Waals surface area (Å²) in [6, 6.07) is 0. The van der Waals surface area contributed by atoms with E-state index in [0.29, 0.717) is 6.42 Å². The summed E-state index contributed by atoms with van der Waals surface area (Å²) in [6.45, 7) is 3.54. The Morgan fingerprint density at radius 1 is 1.09 bits per heavy atom. The maximum absolute atomic E-state index is 8.88. The average Bonchev–Trinajstić information content (AvgIpc) is 1.85. The summed E-state index contributed by atoms with van der Waals surface area (Å²) in [5.41, 5.74) is 0. The summed E-state index contributed by atoms with van der Waals surface area (Å²) < 4.78 is 0. The van der Waals surface area contributed by atoms with Crippen LogP contribution in [0, 0.1) is 0 Å². The molecule has 0 aromatic carbocycles. The van der Waals surface area contributed by atoms with E-state index in [1.54, 1.807) is 13.8 Å². The van der Waals surface area contributed by atoms with Crippen LogP contribution >= 0.6 is 0 Å². The van der Waals surface area contributed by atoms with Crippen LogP contribution in [0.1, 0.15) is 33.1 Å². The van der Waals surface area contributed by atoms with Crippen LogP contribution < -0.4 is 0 Å². The van der Waals surface area contributed by atoms with E-state index in [0.717, 1.165) is 12.8 Å². The minimum Gasteiger partial charge on any atom is -0.393 e. The fourth-order valence-electron chi connectivity index (χ4n) is 0.748. The van der Waals surface area contributed by atoms with Gasteiger partial charge in [-0.3, -0.25) is 0 Å². The summed E-state index contributed by atoms with van der Waals surface area (Å²) in [4.78, 5) is 0. The molecule has 0 heterocycles. The molecule has 2 N–H and O–H groups in total. The van der Waals surface area contributed by atoms with Gasteiger partial charge in [0.05, 0.1) is 12.2 Å². The molecule has 0 spiro atoms. The summed E-state index contributed by atoms with van der Waals surface area (Å²) in [7, 11) is 0. The first-order chi connectivity index (χ1) is 5.13. The molecular formula is C9H18O2. The maximum atomic E-state index is 8.88. The van der Waals surface area contributed by atoms with Crippen LogP contribution in [0.5, 0.6) is 0 Å². The second-order valence-electron chi connectivity index (χ2n) is 2.98. The zero-order valence-corrected chi connectivity index (χ0v) is 7.33. The largest absolute Gasteiger partial charge is 0.393 e. The van der Waals surface area contributed by atoms with Crippen LogP contribution in [0.4, 0.5) is 0 Å². The molecule has 0 aromatic rings. The predicted molar refractivity (Wildman–Crippen MR) is 46.4 cm³/mol. The van der Waals surface area contributed by atoms with Gasteiger partial charge in [-0.2, -0.15) is 0 Å². The van der Waals surface area contributed by atoms with Gasteiger partial charge in [-0.15, -0.1) is 0 Å². The van der Waals surface area contributed by atoms with Crippen LogP contribution in [0.2, 0.25) is 0 Å². The van der Waals surface area contributed by atoms with Gasteiger partial charge >= 0.3 is 0 Å². The van der Waals surface area contributed by atoms with Crippen molar-refractivity contribution in [3.05, 3.63) is 12.2 Å². The molecule has 0 rings (SSSR count). The molecule has 0 aromatic heterocycles. The predicted octanol–water partition coefficient (Wildman–Crippen LogP) is 1.47. The normalized spacial score (nSPS) is 17.1. The number of hydrogen-bond donors (Lipinski definition) is 2. The van der Waals surface area contributed by atoms with Gasteiger partial charge in [0.2, 0.25) is 0 Å². The summed E-state index contributed by atoms with van der Waals surface area (Å²) in [5.74, 6) is 0. The lowest BCUT2D eigenvalue weighted by Crippen LogP contribution is -1.97. The molecule has 2 heteroatoms. The fraction of sp³-hybridized carbons (Fsp3) is 0.778. The molecule has 0 saturated heterocycles. The maximum Gasteiger partial charge on any atom is 0.0546 e. The monoisotopic (exact) mass is 158 g/mol. The SMILES string of the molecule is CC(O)CC=CCCC(C)O. The molecule has 0 fully saturated rings. The molecular weight excluding hydrogens is 140 g/mol. The second kappa shape index (κ2) is 6.38. The highest BCUT2D eigenvalue weighted by Crippen LogP contribution is 1.98. The topological polar surface area (TPSA) is 40.5 Å². The minimum atomic E-state index is -0.252. The van der Waals surface area contributed by atoms with Crippen molar-refractivity contribution in [2.75, 3.05) is 0 Å². The van der Waals surface area contributed by atoms with E-state index < -0.39 is 0 Å². The van der Waals surface area contributed by atoms with Gasteiger partial charge in [0.25, 0.3) is 0 Å². The molecule has 0 aliphatic rings. The Balaban J connectivity index is 3.17. The van der Waals surface area contributed by atoms with Gasteiger partial charge in [0.1, 0.15) is 0 Å². The van der Waals surface area contributed by atoms with E-state index in [4.69, 9.17) is 10.2 Å². The number of hydrogen-bond acceptors (Lipinski definition) is 2. The van der Waals surface area contributed by atoms with Crippen molar-refractivity contribution in [3.8, 4) is 0 Å². The van der Waals surface area contributed by atoms with E-state index in [2.05, 4.69) is 0 Å². The van der Waals surface area contributed by atoms with Gasteiger partial charge in [-0.1, -0.05) is 12.2 Å². The third-order valence-electron chi connectivity index (χ3n) is 1.39. The Labute approximate surface area is 68.6 Å². The van der Waals surface area contributed by atoms with Gasteiger partial charge in [0.15, 0.2) is 0 Å². The molecule has 2 unspecified atom stereocenters. The second-order valence-corrected chi connectivity index (χ2v) is 2.98. The van der Waals surface area contributed by atoms with Gasteiger partial charge in [-0.25, -0.2) is 0 Å². The quantitative estimate of drug-likeness (QED) is 0.595. The van der Waals surface area contributed by atoms with E-state index >= 15 is 0 Å². The minimum absolute atomic E-state index is 0.216. The molecule has 66 valence electrons. The van der Waals surface area contributed by atoms with E-state index in [1.165, 1.54) is 0 Å². The summed E-state index contributed by atoms with van der Waals surface area (Å²) >= 11 is 0. The van der Waals surface area contributed by atoms with Crippen molar-refractivity contribution in [2.24, 2.45) is 0 Å².